The number of H-pyrrole nitrogens is 1. The second kappa shape index (κ2) is 8.94. The lowest BCUT2D eigenvalue weighted by Crippen LogP contribution is -2.37. The molecule has 1 fully saturated rings. The number of carbonyl (C=O) groups is 1. The first kappa shape index (κ1) is 23.8. The predicted octanol–water partition coefficient (Wildman–Crippen LogP) is 4.64. The van der Waals surface area contributed by atoms with Crippen molar-refractivity contribution in [3.8, 4) is 5.69 Å². The number of aromatic nitrogens is 3. The van der Waals surface area contributed by atoms with Gasteiger partial charge in [0.25, 0.3) is 5.56 Å². The summed E-state index contributed by atoms with van der Waals surface area (Å²) >= 11 is 0. The van der Waals surface area contributed by atoms with E-state index in [0.717, 1.165) is 84.6 Å². The Hall–Kier alpha value is -2.93. The van der Waals surface area contributed by atoms with Crippen molar-refractivity contribution < 1.29 is 4.79 Å². The van der Waals surface area contributed by atoms with Gasteiger partial charge in [-0.15, -0.1) is 0 Å². The van der Waals surface area contributed by atoms with Gasteiger partial charge >= 0.3 is 0 Å². The van der Waals surface area contributed by atoms with Crippen LogP contribution in [0.5, 0.6) is 0 Å². The Balaban J connectivity index is 1.67. The number of hydrogen-bond acceptors (Lipinski definition) is 5. The van der Waals surface area contributed by atoms with Crippen LogP contribution in [0.2, 0.25) is 0 Å². The summed E-state index contributed by atoms with van der Waals surface area (Å²) in [6.07, 6.45) is 5.20. The Morgan fingerprint density at radius 3 is 2.60 bits per heavy atom. The molecule has 0 bridgehead atoms. The number of carbonyl (C=O) groups excluding carboxylic acids is 1. The second-order valence-corrected chi connectivity index (χ2v) is 11.3. The van der Waals surface area contributed by atoms with E-state index in [1.54, 1.807) is 0 Å². The number of nitrogens with zero attached hydrogens (tertiary/aromatic N) is 3. The van der Waals surface area contributed by atoms with E-state index in [9.17, 15) is 9.59 Å². The maximum atomic E-state index is 13.2. The fraction of sp³-hybridized carbons (Fsp3) is 0.536. The standard InChI is InChI=1S/C28H37N5O2/c1-6-7-20-12-18-13-21(33-23-15-28(3,4)16-24(34)25(23)17(2)31-33)14-22(26(18)27(35)30-20)29-19-8-10-32(5)11-9-19/h12-14,19,29H,6-11,15-16H2,1-5H3,(H,30,35). The van der Waals surface area contributed by atoms with E-state index < -0.39 is 0 Å². The SMILES string of the molecule is CCCc1cc2cc(-n3nc(C)c4c3CC(C)(C)CC4=O)cc(NC3CCN(C)CC3)c2c(=O)[nH]1. The summed E-state index contributed by atoms with van der Waals surface area (Å²) in [5.74, 6) is 0.173. The molecule has 0 amide bonds. The molecule has 5 rings (SSSR count). The van der Waals surface area contributed by atoms with E-state index >= 15 is 0 Å². The maximum absolute atomic E-state index is 13.2. The molecule has 1 aliphatic heterocycles. The maximum Gasteiger partial charge on any atom is 0.258 e. The molecule has 2 aliphatic rings. The van der Waals surface area contributed by atoms with Crippen LogP contribution in [-0.4, -0.2) is 51.6 Å². The zero-order valence-electron chi connectivity index (χ0n) is 21.6. The van der Waals surface area contributed by atoms with Gasteiger partial charge in [-0.3, -0.25) is 9.59 Å². The third kappa shape index (κ3) is 4.54. The number of hydrogen-bond donors (Lipinski definition) is 2. The summed E-state index contributed by atoms with van der Waals surface area (Å²) in [4.78, 5) is 31.6. The smallest absolute Gasteiger partial charge is 0.258 e. The third-order valence-corrected chi connectivity index (χ3v) is 7.55. The average Bonchev–Trinajstić information content (AvgIpc) is 3.10. The van der Waals surface area contributed by atoms with Gasteiger partial charge in [0.05, 0.1) is 28.0 Å². The summed E-state index contributed by atoms with van der Waals surface area (Å²) < 4.78 is 1.95. The van der Waals surface area contributed by atoms with Crippen molar-refractivity contribution in [1.82, 2.24) is 19.7 Å². The molecule has 2 N–H and O–H groups in total. The number of anilines is 1. The molecule has 2 aromatic heterocycles. The van der Waals surface area contributed by atoms with Gasteiger partial charge in [0.15, 0.2) is 5.78 Å². The number of fused-ring (bicyclic) bond motifs is 2. The number of aromatic amines is 1. The van der Waals surface area contributed by atoms with Gasteiger partial charge < -0.3 is 15.2 Å². The highest BCUT2D eigenvalue weighted by atomic mass is 16.1. The molecule has 7 heteroatoms. The van der Waals surface area contributed by atoms with Crippen LogP contribution in [0.25, 0.3) is 16.5 Å². The van der Waals surface area contributed by atoms with Gasteiger partial charge in [-0.1, -0.05) is 27.2 Å². The molecule has 0 atom stereocenters. The quantitative estimate of drug-likeness (QED) is 0.562. The minimum Gasteiger partial charge on any atom is -0.381 e. The molecule has 7 nitrogen and oxygen atoms in total. The van der Waals surface area contributed by atoms with E-state index in [1.807, 2.05) is 17.7 Å². The Bertz CT molecular complexity index is 1340. The monoisotopic (exact) mass is 475 g/mol. The Morgan fingerprint density at radius 2 is 1.89 bits per heavy atom. The van der Waals surface area contributed by atoms with Crippen molar-refractivity contribution in [1.29, 1.82) is 0 Å². The lowest BCUT2D eigenvalue weighted by molar-refractivity contribution is 0.0910. The van der Waals surface area contributed by atoms with Crippen molar-refractivity contribution in [3.63, 3.8) is 0 Å². The van der Waals surface area contributed by atoms with Gasteiger partial charge in [0.1, 0.15) is 0 Å². The largest absolute Gasteiger partial charge is 0.381 e. The first-order valence-corrected chi connectivity index (χ1v) is 12.9. The van der Waals surface area contributed by atoms with Crippen LogP contribution < -0.4 is 10.9 Å². The zero-order chi connectivity index (χ0) is 24.9. The van der Waals surface area contributed by atoms with E-state index in [0.29, 0.717) is 17.8 Å². The Kier molecular flexibility index (Phi) is 6.08. The third-order valence-electron chi connectivity index (χ3n) is 7.55. The van der Waals surface area contributed by atoms with Crippen molar-refractivity contribution >= 4 is 22.2 Å². The van der Waals surface area contributed by atoms with Crippen molar-refractivity contribution in [3.05, 3.63) is 51.2 Å². The van der Waals surface area contributed by atoms with E-state index in [4.69, 9.17) is 5.10 Å². The fourth-order valence-corrected chi connectivity index (χ4v) is 5.81. The number of likely N-dealkylation sites (tertiary alicyclic amines) is 1. The van der Waals surface area contributed by atoms with E-state index in [2.05, 4.69) is 55.2 Å². The predicted molar refractivity (Wildman–Crippen MR) is 141 cm³/mol. The summed E-state index contributed by atoms with van der Waals surface area (Å²) in [5, 5.41) is 10.2. The molecule has 1 aromatic carbocycles. The van der Waals surface area contributed by atoms with Crippen LogP contribution in [0, 0.1) is 12.3 Å². The minimum absolute atomic E-state index is 0.0529. The van der Waals surface area contributed by atoms with Crippen LogP contribution in [0.4, 0.5) is 5.69 Å². The highest BCUT2D eigenvalue weighted by Gasteiger charge is 2.36. The Labute approximate surface area is 206 Å². The number of benzene rings is 1. The molecule has 0 unspecified atom stereocenters. The van der Waals surface area contributed by atoms with Crippen LogP contribution in [0.1, 0.15) is 73.9 Å². The normalized spacial score (nSPS) is 18.7. The number of pyridine rings is 1. The lowest BCUT2D eigenvalue weighted by atomic mass is 9.75. The van der Waals surface area contributed by atoms with Crippen molar-refractivity contribution in [2.45, 2.75) is 72.3 Å². The highest BCUT2D eigenvalue weighted by Crippen LogP contribution is 2.38. The van der Waals surface area contributed by atoms with Crippen LogP contribution >= 0.6 is 0 Å². The Morgan fingerprint density at radius 1 is 1.14 bits per heavy atom. The molecular weight excluding hydrogens is 438 g/mol. The van der Waals surface area contributed by atoms with Crippen LogP contribution in [-0.2, 0) is 12.8 Å². The van der Waals surface area contributed by atoms with Gasteiger partial charge in [-0.05, 0) is 81.7 Å². The minimum atomic E-state index is -0.105. The van der Waals surface area contributed by atoms with Gasteiger partial charge in [0, 0.05) is 23.8 Å². The second-order valence-electron chi connectivity index (χ2n) is 11.3. The topological polar surface area (TPSA) is 83.0 Å². The number of aryl methyl sites for hydroxylation is 2. The van der Waals surface area contributed by atoms with Gasteiger partial charge in [0.2, 0.25) is 0 Å². The molecule has 0 saturated carbocycles. The molecule has 0 spiro atoms. The highest BCUT2D eigenvalue weighted by molar-refractivity contribution is 6.00. The summed E-state index contributed by atoms with van der Waals surface area (Å²) in [6, 6.07) is 6.52. The van der Waals surface area contributed by atoms with E-state index in [-0.39, 0.29) is 16.8 Å². The molecular formula is C28H37N5O2. The summed E-state index contributed by atoms with van der Waals surface area (Å²) in [7, 11) is 2.15. The molecule has 35 heavy (non-hydrogen) atoms. The van der Waals surface area contributed by atoms with Crippen LogP contribution in [0.15, 0.2) is 23.0 Å². The number of rotatable bonds is 5. The van der Waals surface area contributed by atoms with Crippen molar-refractivity contribution in [2.24, 2.45) is 5.41 Å². The number of Topliss-reactive ketones (excluding diaryl/α,β-unsaturated/α-hetero) is 1. The molecule has 3 heterocycles. The molecule has 1 saturated heterocycles. The molecule has 0 radical (unpaired) electrons. The molecule has 3 aromatic rings. The zero-order valence-corrected chi connectivity index (χ0v) is 21.6. The average molecular weight is 476 g/mol. The number of nitrogens with one attached hydrogen (secondary N) is 2. The summed E-state index contributed by atoms with van der Waals surface area (Å²) in [6.45, 7) is 10.4. The van der Waals surface area contributed by atoms with Crippen molar-refractivity contribution in [2.75, 3.05) is 25.5 Å². The van der Waals surface area contributed by atoms with Crippen LogP contribution in [0.3, 0.4) is 0 Å². The number of ketones is 1. The van der Waals surface area contributed by atoms with Gasteiger partial charge in [-0.25, -0.2) is 4.68 Å². The lowest BCUT2D eigenvalue weighted by Gasteiger charge is -2.31. The fourth-order valence-electron chi connectivity index (χ4n) is 5.81. The summed E-state index contributed by atoms with van der Waals surface area (Å²) in [5.41, 5.74) is 5.06. The molecule has 1 aliphatic carbocycles. The first-order valence-electron chi connectivity index (χ1n) is 12.9. The van der Waals surface area contributed by atoms with Gasteiger partial charge in [-0.2, -0.15) is 5.10 Å². The first-order chi connectivity index (χ1) is 16.6. The number of piperidine rings is 1. The molecule has 186 valence electrons. The van der Waals surface area contributed by atoms with E-state index in [1.165, 1.54) is 0 Å².